The van der Waals surface area contributed by atoms with Gasteiger partial charge in [-0.3, -0.25) is 9.10 Å². The van der Waals surface area contributed by atoms with Crippen LogP contribution in [-0.4, -0.2) is 40.3 Å². The van der Waals surface area contributed by atoms with Gasteiger partial charge in [-0.2, -0.15) is 11.8 Å². The molecule has 0 aromatic heterocycles. The molecule has 0 fully saturated rings. The van der Waals surface area contributed by atoms with E-state index >= 15 is 0 Å². The predicted octanol–water partition coefficient (Wildman–Crippen LogP) is 5.90. The highest BCUT2D eigenvalue weighted by atomic mass is 35.5. The minimum atomic E-state index is -4.03. The van der Waals surface area contributed by atoms with Crippen molar-refractivity contribution in [2.24, 2.45) is 0 Å². The second kappa shape index (κ2) is 12.7. The van der Waals surface area contributed by atoms with Crippen LogP contribution in [-0.2, 0) is 20.6 Å². The number of nitrogens with one attached hydrogen (secondary N) is 1. The third-order valence-corrected chi connectivity index (χ3v) is 8.70. The normalized spacial score (nSPS) is 11.2. The summed E-state index contributed by atoms with van der Waals surface area (Å²) in [7, 11) is -2.57. The van der Waals surface area contributed by atoms with Crippen LogP contribution in [0.1, 0.15) is 5.56 Å². The van der Waals surface area contributed by atoms with Gasteiger partial charge in [0, 0.05) is 28.1 Å². The fourth-order valence-electron chi connectivity index (χ4n) is 3.14. The monoisotopic (exact) mass is 572 g/mol. The first kappa shape index (κ1) is 27.5. The number of hydrogen-bond donors (Lipinski definition) is 1. The molecule has 1 N–H and O–H groups in total. The van der Waals surface area contributed by atoms with Crippen molar-refractivity contribution in [1.82, 2.24) is 5.32 Å². The molecule has 0 radical (unpaired) electrons. The van der Waals surface area contributed by atoms with Crippen LogP contribution in [0.15, 0.2) is 71.6 Å². The minimum Gasteiger partial charge on any atom is -0.495 e. The van der Waals surface area contributed by atoms with Gasteiger partial charge in [0.1, 0.15) is 12.3 Å². The number of anilines is 1. The summed E-state index contributed by atoms with van der Waals surface area (Å²) >= 11 is 20.2. The third-order valence-electron chi connectivity index (χ3n) is 4.92. The molecule has 3 aromatic carbocycles. The van der Waals surface area contributed by atoms with E-state index in [9.17, 15) is 13.2 Å². The second-order valence-electron chi connectivity index (χ2n) is 7.25. The first-order valence-electron chi connectivity index (χ1n) is 10.4. The van der Waals surface area contributed by atoms with Crippen LogP contribution in [0.2, 0.25) is 15.1 Å². The first-order chi connectivity index (χ1) is 16.7. The zero-order valence-electron chi connectivity index (χ0n) is 18.7. The summed E-state index contributed by atoms with van der Waals surface area (Å²) in [5.41, 5.74) is 1.08. The van der Waals surface area contributed by atoms with Crippen LogP contribution in [0.4, 0.5) is 5.69 Å². The van der Waals surface area contributed by atoms with Gasteiger partial charge in [-0.15, -0.1) is 0 Å². The van der Waals surface area contributed by atoms with Crippen molar-refractivity contribution in [3.63, 3.8) is 0 Å². The van der Waals surface area contributed by atoms with E-state index in [1.165, 1.54) is 25.3 Å². The van der Waals surface area contributed by atoms with E-state index in [0.717, 1.165) is 9.87 Å². The number of benzene rings is 3. The standard InChI is InChI=1S/C24H23Cl3N2O4S2/c1-33-23-11-10-17(14-22(23)27)29(35(31,32)18-6-3-2-4-7-18)15-24(30)28-12-13-34-16-19-20(25)8-5-9-21(19)26/h2-11,14H,12-13,15-16H2,1H3,(H,28,30). The Morgan fingerprint density at radius 3 is 2.29 bits per heavy atom. The molecule has 186 valence electrons. The van der Waals surface area contributed by atoms with Gasteiger partial charge >= 0.3 is 0 Å². The maximum atomic E-state index is 13.4. The number of nitrogens with zero attached hydrogens (tertiary/aromatic N) is 1. The van der Waals surface area contributed by atoms with Crippen molar-refractivity contribution in [2.75, 3.05) is 30.3 Å². The molecule has 0 bridgehead atoms. The molecule has 3 aromatic rings. The van der Waals surface area contributed by atoms with Crippen molar-refractivity contribution in [3.05, 3.63) is 87.4 Å². The van der Waals surface area contributed by atoms with Crippen molar-refractivity contribution in [1.29, 1.82) is 0 Å². The molecule has 0 aliphatic rings. The van der Waals surface area contributed by atoms with E-state index in [1.54, 1.807) is 60.3 Å². The molecular weight excluding hydrogens is 551 g/mol. The van der Waals surface area contributed by atoms with E-state index < -0.39 is 22.5 Å². The molecule has 3 rings (SSSR count). The Balaban J connectivity index is 1.68. The highest BCUT2D eigenvalue weighted by Gasteiger charge is 2.27. The van der Waals surface area contributed by atoms with Crippen LogP contribution in [0.3, 0.4) is 0 Å². The zero-order chi connectivity index (χ0) is 25.4. The second-order valence-corrected chi connectivity index (χ2v) is 11.4. The molecule has 35 heavy (non-hydrogen) atoms. The van der Waals surface area contributed by atoms with E-state index in [1.807, 2.05) is 0 Å². The molecule has 0 aliphatic heterocycles. The van der Waals surface area contributed by atoms with Gasteiger partial charge in [-0.05, 0) is 48.0 Å². The quantitative estimate of drug-likeness (QED) is 0.289. The molecule has 1 amide bonds. The number of rotatable bonds is 11. The Morgan fingerprint density at radius 2 is 1.66 bits per heavy atom. The summed E-state index contributed by atoms with van der Waals surface area (Å²) in [4.78, 5) is 12.8. The Kier molecular flexibility index (Phi) is 10.0. The lowest BCUT2D eigenvalue weighted by Gasteiger charge is -2.24. The van der Waals surface area contributed by atoms with E-state index in [-0.39, 0.29) is 15.6 Å². The van der Waals surface area contributed by atoms with Crippen molar-refractivity contribution >= 4 is 68.2 Å². The van der Waals surface area contributed by atoms with Crippen molar-refractivity contribution in [3.8, 4) is 5.75 Å². The first-order valence-corrected chi connectivity index (χ1v) is 14.2. The smallest absolute Gasteiger partial charge is 0.264 e. The van der Waals surface area contributed by atoms with E-state index in [2.05, 4.69) is 5.32 Å². The molecule has 11 heteroatoms. The van der Waals surface area contributed by atoms with Gasteiger partial charge in [-0.25, -0.2) is 8.42 Å². The van der Waals surface area contributed by atoms with Crippen LogP contribution in [0.5, 0.6) is 5.75 Å². The molecule has 0 unspecified atom stereocenters. The molecule has 0 atom stereocenters. The summed E-state index contributed by atoms with van der Waals surface area (Å²) in [5.74, 6) is 1.13. The summed E-state index contributed by atoms with van der Waals surface area (Å²) < 4.78 is 32.9. The lowest BCUT2D eigenvalue weighted by molar-refractivity contribution is -0.119. The van der Waals surface area contributed by atoms with Crippen LogP contribution in [0.25, 0.3) is 0 Å². The number of sulfonamides is 1. The number of carbonyl (C=O) groups excluding carboxylic acids is 1. The highest BCUT2D eigenvalue weighted by Crippen LogP contribution is 2.32. The largest absolute Gasteiger partial charge is 0.495 e. The molecular formula is C24H23Cl3N2O4S2. The maximum Gasteiger partial charge on any atom is 0.264 e. The van der Waals surface area contributed by atoms with Gasteiger partial charge in [-0.1, -0.05) is 59.1 Å². The summed E-state index contributed by atoms with van der Waals surface area (Å²) in [6.07, 6.45) is 0. The fourth-order valence-corrected chi connectivity index (χ4v) is 6.42. The average molecular weight is 574 g/mol. The third kappa shape index (κ3) is 7.21. The van der Waals surface area contributed by atoms with Gasteiger partial charge in [0.2, 0.25) is 5.91 Å². The number of amides is 1. The van der Waals surface area contributed by atoms with E-state index in [0.29, 0.717) is 33.8 Å². The Bertz CT molecular complexity index is 1250. The molecule has 0 aliphatic carbocycles. The van der Waals surface area contributed by atoms with Gasteiger partial charge in [0.15, 0.2) is 0 Å². The van der Waals surface area contributed by atoms with Crippen LogP contribution >= 0.6 is 46.6 Å². The number of ether oxygens (including phenoxy) is 1. The average Bonchev–Trinajstić information content (AvgIpc) is 2.84. The molecule has 0 saturated carbocycles. The number of hydrogen-bond acceptors (Lipinski definition) is 5. The summed E-state index contributed by atoms with van der Waals surface area (Å²) in [5, 5.41) is 4.18. The van der Waals surface area contributed by atoms with E-state index in [4.69, 9.17) is 39.5 Å². The van der Waals surface area contributed by atoms with Crippen molar-refractivity contribution in [2.45, 2.75) is 10.6 Å². The van der Waals surface area contributed by atoms with Crippen LogP contribution < -0.4 is 14.4 Å². The minimum absolute atomic E-state index is 0.0620. The highest BCUT2D eigenvalue weighted by molar-refractivity contribution is 7.98. The summed E-state index contributed by atoms with van der Waals surface area (Å²) in [6.45, 7) is -0.0743. The number of halogens is 3. The van der Waals surface area contributed by atoms with Crippen LogP contribution in [0, 0.1) is 0 Å². The lowest BCUT2D eigenvalue weighted by atomic mass is 10.2. The Labute approximate surface area is 224 Å². The molecule has 0 saturated heterocycles. The zero-order valence-corrected chi connectivity index (χ0v) is 22.6. The number of methoxy groups -OCH3 is 1. The summed E-state index contributed by atoms with van der Waals surface area (Å²) in [6, 6.07) is 17.8. The Hall–Kier alpha value is -2.10. The topological polar surface area (TPSA) is 75.7 Å². The molecule has 0 heterocycles. The maximum absolute atomic E-state index is 13.4. The van der Waals surface area contributed by atoms with Gasteiger partial charge in [0.25, 0.3) is 10.0 Å². The molecule has 0 spiro atoms. The van der Waals surface area contributed by atoms with Gasteiger partial charge < -0.3 is 10.1 Å². The SMILES string of the molecule is COc1ccc(N(CC(=O)NCCSCc2c(Cl)cccc2Cl)S(=O)(=O)c2ccccc2)cc1Cl. The number of thioether (sulfide) groups is 1. The molecule has 6 nitrogen and oxygen atoms in total. The predicted molar refractivity (Wildman–Crippen MR) is 145 cm³/mol. The lowest BCUT2D eigenvalue weighted by Crippen LogP contribution is -2.41. The Morgan fingerprint density at radius 1 is 0.971 bits per heavy atom. The van der Waals surface area contributed by atoms with Crippen molar-refractivity contribution < 1.29 is 17.9 Å². The number of carbonyl (C=O) groups is 1. The van der Waals surface area contributed by atoms with Gasteiger partial charge in [0.05, 0.1) is 22.7 Å². The fraction of sp³-hybridized carbons (Fsp3) is 0.208.